The van der Waals surface area contributed by atoms with Crippen molar-refractivity contribution in [3.05, 3.63) is 75.2 Å². The molecule has 1 aromatic carbocycles. The fourth-order valence-corrected chi connectivity index (χ4v) is 3.42. The molecule has 10 heteroatoms. The molecule has 0 fully saturated rings. The van der Waals surface area contributed by atoms with Crippen molar-refractivity contribution in [3.63, 3.8) is 0 Å². The quantitative estimate of drug-likeness (QED) is 0.341. The first-order valence-corrected chi connectivity index (χ1v) is 10.6. The predicted octanol–water partition coefficient (Wildman–Crippen LogP) is 3.18. The van der Waals surface area contributed by atoms with Gasteiger partial charge in [0.25, 0.3) is 11.5 Å². The van der Waals surface area contributed by atoms with Crippen LogP contribution in [-0.4, -0.2) is 45.3 Å². The molecule has 0 aliphatic rings. The maximum absolute atomic E-state index is 14.5. The van der Waals surface area contributed by atoms with Crippen molar-refractivity contribution < 1.29 is 19.4 Å². The van der Waals surface area contributed by atoms with Crippen molar-refractivity contribution in [2.45, 2.75) is 25.8 Å². The Labute approximate surface area is 194 Å². The van der Waals surface area contributed by atoms with Gasteiger partial charge in [-0.15, -0.1) is 0 Å². The summed E-state index contributed by atoms with van der Waals surface area (Å²) in [5, 5.41) is 24.4. The first-order valence-electron chi connectivity index (χ1n) is 10.2. The smallest absolute Gasteiger partial charge is 0.256 e. The summed E-state index contributed by atoms with van der Waals surface area (Å²) in [6, 6.07) is 6.19. The molecule has 0 bridgehead atoms. The van der Waals surface area contributed by atoms with Crippen LogP contribution in [0.3, 0.4) is 0 Å². The van der Waals surface area contributed by atoms with Crippen LogP contribution < -0.4 is 16.2 Å². The lowest BCUT2D eigenvalue weighted by molar-refractivity contribution is 0.0880. The minimum Gasteiger partial charge on any atom is -0.394 e. The van der Waals surface area contributed by atoms with Gasteiger partial charge in [-0.3, -0.25) is 14.6 Å². The van der Waals surface area contributed by atoms with Gasteiger partial charge in [0.2, 0.25) is 0 Å². The molecule has 2 heterocycles. The Bertz CT molecular complexity index is 1210. The van der Waals surface area contributed by atoms with Gasteiger partial charge in [-0.1, -0.05) is 25.4 Å². The van der Waals surface area contributed by atoms with Crippen molar-refractivity contribution in [1.29, 1.82) is 0 Å². The Balaban J connectivity index is 2.08. The molecular formula is C23H24ClFN4O4. The first-order chi connectivity index (χ1) is 15.7. The molecule has 0 unspecified atom stereocenters. The molecule has 33 heavy (non-hydrogen) atoms. The van der Waals surface area contributed by atoms with Gasteiger partial charge in [0.15, 0.2) is 0 Å². The van der Waals surface area contributed by atoms with Gasteiger partial charge < -0.3 is 25.8 Å². The van der Waals surface area contributed by atoms with Gasteiger partial charge >= 0.3 is 0 Å². The van der Waals surface area contributed by atoms with E-state index < -0.39 is 36.5 Å². The number of carbonyl (C=O) groups excluding carboxylic acids is 1. The highest BCUT2D eigenvalue weighted by Crippen LogP contribution is 2.31. The van der Waals surface area contributed by atoms with Crippen LogP contribution in [0.15, 0.2) is 47.5 Å². The largest absolute Gasteiger partial charge is 0.394 e. The number of hydrogen-bond donors (Lipinski definition) is 5. The number of H-pyrrole nitrogens is 1. The number of aromatic amines is 1. The molecular weight excluding hydrogens is 451 g/mol. The molecule has 3 aromatic rings. The number of amides is 1. The molecule has 0 aliphatic carbocycles. The van der Waals surface area contributed by atoms with Crippen molar-refractivity contribution in [2.75, 3.05) is 18.5 Å². The highest BCUT2D eigenvalue weighted by atomic mass is 35.5. The van der Waals surface area contributed by atoms with Gasteiger partial charge in [0.1, 0.15) is 5.82 Å². The van der Waals surface area contributed by atoms with E-state index in [1.54, 1.807) is 6.07 Å². The average molecular weight is 475 g/mol. The van der Waals surface area contributed by atoms with E-state index in [-0.39, 0.29) is 27.6 Å². The molecule has 2 aromatic heterocycles. The number of anilines is 2. The highest BCUT2D eigenvalue weighted by Gasteiger charge is 2.19. The highest BCUT2D eigenvalue weighted by molar-refractivity contribution is 6.30. The maximum Gasteiger partial charge on any atom is 0.256 e. The van der Waals surface area contributed by atoms with E-state index in [1.165, 1.54) is 36.7 Å². The number of aliphatic hydroxyl groups excluding tert-OH is 2. The lowest BCUT2D eigenvalue weighted by Gasteiger charge is -2.19. The average Bonchev–Trinajstić information content (AvgIpc) is 2.80. The molecule has 0 spiro atoms. The predicted molar refractivity (Wildman–Crippen MR) is 125 cm³/mol. The molecule has 0 aliphatic heterocycles. The normalized spacial score (nSPS) is 11.2. The van der Waals surface area contributed by atoms with Crippen LogP contribution in [0.5, 0.6) is 0 Å². The van der Waals surface area contributed by atoms with E-state index in [4.69, 9.17) is 11.6 Å². The number of pyridine rings is 2. The van der Waals surface area contributed by atoms with Crippen LogP contribution >= 0.6 is 11.6 Å². The van der Waals surface area contributed by atoms with Gasteiger partial charge in [0, 0.05) is 28.7 Å². The van der Waals surface area contributed by atoms with E-state index in [9.17, 15) is 24.2 Å². The third kappa shape index (κ3) is 5.57. The molecule has 3 rings (SSSR count). The molecule has 0 saturated heterocycles. The number of hydrogen-bond acceptors (Lipinski definition) is 6. The van der Waals surface area contributed by atoms with Gasteiger partial charge in [-0.2, -0.15) is 0 Å². The summed E-state index contributed by atoms with van der Waals surface area (Å²) >= 11 is 6.01. The Morgan fingerprint density at radius 3 is 2.55 bits per heavy atom. The Morgan fingerprint density at radius 1 is 1.15 bits per heavy atom. The fraction of sp³-hybridized carbons (Fsp3) is 0.261. The number of benzene rings is 1. The Morgan fingerprint density at radius 2 is 1.88 bits per heavy atom. The summed E-state index contributed by atoms with van der Waals surface area (Å²) in [5.74, 6) is -1.27. The third-order valence-electron chi connectivity index (χ3n) is 4.98. The molecule has 5 N–H and O–H groups in total. The van der Waals surface area contributed by atoms with E-state index >= 15 is 0 Å². The number of carbonyl (C=O) groups is 1. The zero-order valence-corrected chi connectivity index (χ0v) is 18.8. The van der Waals surface area contributed by atoms with Gasteiger partial charge in [-0.25, -0.2) is 4.39 Å². The summed E-state index contributed by atoms with van der Waals surface area (Å²) in [5.41, 5.74) is 1.17. The lowest BCUT2D eigenvalue weighted by atomic mass is 10.0. The van der Waals surface area contributed by atoms with Crippen molar-refractivity contribution >= 4 is 28.9 Å². The third-order valence-corrected chi connectivity index (χ3v) is 5.21. The molecule has 8 nitrogen and oxygen atoms in total. The van der Waals surface area contributed by atoms with Crippen LogP contribution in [-0.2, 0) is 0 Å². The van der Waals surface area contributed by atoms with Crippen LogP contribution in [0, 0.1) is 5.82 Å². The second-order valence-electron chi connectivity index (χ2n) is 7.70. The molecule has 174 valence electrons. The molecule has 0 radical (unpaired) electrons. The van der Waals surface area contributed by atoms with E-state index in [1.807, 2.05) is 13.8 Å². The van der Waals surface area contributed by atoms with Crippen LogP contribution in [0.4, 0.5) is 15.8 Å². The number of aromatic nitrogens is 2. The first kappa shape index (κ1) is 24.4. The van der Waals surface area contributed by atoms with Gasteiger partial charge in [-0.05, 0) is 36.2 Å². The minimum absolute atomic E-state index is 0.0449. The van der Waals surface area contributed by atoms with Crippen molar-refractivity contribution in [2.24, 2.45) is 0 Å². The van der Waals surface area contributed by atoms with Crippen molar-refractivity contribution in [3.8, 4) is 11.1 Å². The minimum atomic E-state index is -0.831. The summed E-state index contributed by atoms with van der Waals surface area (Å²) in [6.07, 6.45) is 2.81. The van der Waals surface area contributed by atoms with Crippen LogP contribution in [0.25, 0.3) is 11.1 Å². The summed E-state index contributed by atoms with van der Waals surface area (Å²) in [6.45, 7) is 2.89. The molecule has 0 saturated carbocycles. The summed E-state index contributed by atoms with van der Waals surface area (Å²) < 4.78 is 14.5. The molecule has 1 amide bonds. The summed E-state index contributed by atoms with van der Waals surface area (Å²) in [7, 11) is 0. The second-order valence-corrected chi connectivity index (χ2v) is 8.14. The fourth-order valence-electron chi connectivity index (χ4n) is 3.25. The SMILES string of the molecule is CC(C)c1[nH]c(=O)c(-c2cc(Cl)ccc2F)cc1Nc1ccncc1C(=O)NC(CO)CO. The molecule has 0 atom stereocenters. The lowest BCUT2D eigenvalue weighted by Crippen LogP contribution is -2.40. The number of aliphatic hydroxyl groups is 2. The number of nitrogens with zero attached hydrogens (tertiary/aromatic N) is 1. The van der Waals surface area contributed by atoms with Crippen molar-refractivity contribution in [1.82, 2.24) is 15.3 Å². The Kier molecular flexibility index (Phi) is 7.80. The van der Waals surface area contributed by atoms with E-state index in [2.05, 4.69) is 20.6 Å². The van der Waals surface area contributed by atoms with E-state index in [0.29, 0.717) is 17.1 Å². The Hall–Kier alpha value is -3.27. The number of halogens is 2. The van der Waals surface area contributed by atoms with E-state index in [0.717, 1.165) is 0 Å². The summed E-state index contributed by atoms with van der Waals surface area (Å²) in [4.78, 5) is 32.2. The monoisotopic (exact) mass is 474 g/mol. The zero-order valence-electron chi connectivity index (χ0n) is 18.0. The topological polar surface area (TPSA) is 127 Å². The van der Waals surface area contributed by atoms with Crippen LogP contribution in [0.1, 0.15) is 35.8 Å². The zero-order chi connectivity index (χ0) is 24.1. The number of rotatable bonds is 8. The number of nitrogens with one attached hydrogen (secondary N) is 3. The standard InChI is InChI=1S/C23H24ClFN4O4/c1-12(2)21-20(8-16(22(32)29-21)15-7-13(24)3-4-18(15)25)28-19-5-6-26-9-17(19)23(33)27-14(10-30)11-31/h3-9,12,14,30-31H,10-11H2,1-2H3,(H,26,28)(H,27,33)(H,29,32). The maximum atomic E-state index is 14.5. The van der Waals surface area contributed by atoms with Crippen LogP contribution in [0.2, 0.25) is 5.02 Å². The second kappa shape index (κ2) is 10.6. The van der Waals surface area contributed by atoms with Gasteiger partial charge in [0.05, 0.1) is 41.8 Å².